The highest BCUT2D eigenvalue weighted by Gasteiger charge is 2.09. The number of anilines is 1. The van der Waals surface area contributed by atoms with E-state index in [0.29, 0.717) is 22.8 Å². The van der Waals surface area contributed by atoms with Gasteiger partial charge in [0.25, 0.3) is 5.69 Å². The summed E-state index contributed by atoms with van der Waals surface area (Å²) in [7, 11) is 0. The Bertz CT molecular complexity index is 678. The molecule has 100 valence electrons. The van der Waals surface area contributed by atoms with Crippen molar-refractivity contribution in [2.45, 2.75) is 6.54 Å². The van der Waals surface area contributed by atoms with Gasteiger partial charge in [-0.25, -0.2) is 0 Å². The molecule has 1 N–H and O–H groups in total. The third-order valence-corrected chi connectivity index (χ3v) is 3.06. The van der Waals surface area contributed by atoms with Crippen LogP contribution < -0.4 is 5.32 Å². The van der Waals surface area contributed by atoms with Crippen molar-refractivity contribution >= 4 is 23.0 Å². The van der Waals surface area contributed by atoms with Crippen LogP contribution in [0.1, 0.15) is 11.1 Å². The Morgan fingerprint density at radius 1 is 1.25 bits per heavy atom. The van der Waals surface area contributed by atoms with Gasteiger partial charge in [0.05, 0.1) is 27.3 Å². The highest BCUT2D eigenvalue weighted by molar-refractivity contribution is 6.33. The van der Waals surface area contributed by atoms with Gasteiger partial charge in [0, 0.05) is 18.7 Å². The molecule has 0 atom stereocenters. The number of rotatable bonds is 4. The summed E-state index contributed by atoms with van der Waals surface area (Å²) in [5.41, 5.74) is 2.02. The first-order valence-electron chi connectivity index (χ1n) is 5.77. The summed E-state index contributed by atoms with van der Waals surface area (Å²) in [6.45, 7) is 0.465. The lowest BCUT2D eigenvalue weighted by atomic mass is 10.1. The number of hydrogen-bond donors (Lipinski definition) is 1. The number of benzene rings is 2. The maximum Gasteiger partial charge on any atom is 0.271 e. The molecule has 2 aromatic rings. The van der Waals surface area contributed by atoms with Crippen LogP contribution in [-0.4, -0.2) is 4.92 Å². The van der Waals surface area contributed by atoms with E-state index in [1.165, 1.54) is 18.2 Å². The van der Waals surface area contributed by atoms with Gasteiger partial charge in [-0.2, -0.15) is 5.26 Å². The average Bonchev–Trinajstić information content (AvgIpc) is 2.46. The number of nitrogens with zero attached hydrogens (tertiary/aromatic N) is 2. The minimum atomic E-state index is -0.469. The number of nitrogens with one attached hydrogen (secondary N) is 1. The maximum atomic E-state index is 10.7. The van der Waals surface area contributed by atoms with E-state index >= 15 is 0 Å². The maximum absolute atomic E-state index is 10.7. The molecule has 0 unspecified atom stereocenters. The fourth-order valence-corrected chi connectivity index (χ4v) is 1.84. The second-order valence-corrected chi connectivity index (χ2v) is 4.49. The Morgan fingerprint density at radius 3 is 2.55 bits per heavy atom. The lowest BCUT2D eigenvalue weighted by molar-refractivity contribution is -0.384. The number of nitro groups is 1. The molecule has 2 rings (SSSR count). The molecule has 0 bridgehead atoms. The van der Waals surface area contributed by atoms with Crippen LogP contribution in [0.25, 0.3) is 0 Å². The molecule has 20 heavy (non-hydrogen) atoms. The average molecular weight is 288 g/mol. The molecule has 0 spiro atoms. The third kappa shape index (κ3) is 3.25. The van der Waals surface area contributed by atoms with Gasteiger partial charge in [-0.15, -0.1) is 0 Å². The van der Waals surface area contributed by atoms with Gasteiger partial charge in [-0.3, -0.25) is 10.1 Å². The molecule has 0 amide bonds. The van der Waals surface area contributed by atoms with Crippen LogP contribution in [-0.2, 0) is 6.54 Å². The highest BCUT2D eigenvalue weighted by atomic mass is 35.5. The molecule has 0 fully saturated rings. The Morgan fingerprint density at radius 2 is 1.95 bits per heavy atom. The largest absolute Gasteiger partial charge is 0.380 e. The lowest BCUT2D eigenvalue weighted by Gasteiger charge is -2.08. The standard InChI is InChI=1S/C14H10ClN3O2/c15-13-6-5-12(18(19)20)7-14(13)17-9-11-3-1-10(8-16)2-4-11/h1-7,17H,9H2. The van der Waals surface area contributed by atoms with Crippen LogP contribution in [0.3, 0.4) is 0 Å². The Kier molecular flexibility index (Phi) is 4.18. The lowest BCUT2D eigenvalue weighted by Crippen LogP contribution is -2.00. The van der Waals surface area contributed by atoms with Crippen LogP contribution in [0.5, 0.6) is 0 Å². The van der Waals surface area contributed by atoms with Crippen molar-refractivity contribution in [3.05, 3.63) is 68.7 Å². The van der Waals surface area contributed by atoms with Crippen molar-refractivity contribution in [1.82, 2.24) is 0 Å². The quantitative estimate of drug-likeness (QED) is 0.686. The predicted octanol–water partition coefficient (Wildman–Crippen LogP) is 3.73. The number of nitriles is 1. The first-order chi connectivity index (χ1) is 9.60. The van der Waals surface area contributed by atoms with Crippen molar-refractivity contribution in [1.29, 1.82) is 5.26 Å². The topological polar surface area (TPSA) is 79.0 Å². The van der Waals surface area contributed by atoms with E-state index in [9.17, 15) is 10.1 Å². The molecule has 0 radical (unpaired) electrons. The Hall–Kier alpha value is -2.58. The van der Waals surface area contributed by atoms with E-state index in [0.717, 1.165) is 5.56 Å². The van der Waals surface area contributed by atoms with E-state index < -0.39 is 4.92 Å². The van der Waals surface area contributed by atoms with Crippen molar-refractivity contribution in [3.63, 3.8) is 0 Å². The smallest absolute Gasteiger partial charge is 0.271 e. The van der Waals surface area contributed by atoms with Crippen LogP contribution in [0.2, 0.25) is 5.02 Å². The molecule has 0 aliphatic carbocycles. The van der Waals surface area contributed by atoms with Gasteiger partial charge in [0.1, 0.15) is 0 Å². The monoisotopic (exact) mass is 287 g/mol. The van der Waals surface area contributed by atoms with Crippen LogP contribution in [0.15, 0.2) is 42.5 Å². The molecular weight excluding hydrogens is 278 g/mol. The SMILES string of the molecule is N#Cc1ccc(CNc2cc([N+](=O)[O-])ccc2Cl)cc1. The summed E-state index contributed by atoms with van der Waals surface area (Å²) in [6, 6.07) is 13.3. The van der Waals surface area contributed by atoms with Crippen molar-refractivity contribution in [2.75, 3.05) is 5.32 Å². The van der Waals surface area contributed by atoms with Gasteiger partial charge in [-0.1, -0.05) is 23.7 Å². The minimum absolute atomic E-state index is 0.0169. The first-order valence-corrected chi connectivity index (χ1v) is 6.15. The molecule has 2 aromatic carbocycles. The summed E-state index contributed by atoms with van der Waals surface area (Å²) in [4.78, 5) is 10.2. The summed E-state index contributed by atoms with van der Waals surface area (Å²) >= 11 is 5.99. The summed E-state index contributed by atoms with van der Waals surface area (Å²) in [5.74, 6) is 0. The summed E-state index contributed by atoms with van der Waals surface area (Å²) in [5, 5.41) is 22.9. The van der Waals surface area contributed by atoms with Crippen LogP contribution in [0, 0.1) is 21.4 Å². The van der Waals surface area contributed by atoms with Gasteiger partial charge in [0.15, 0.2) is 0 Å². The van der Waals surface area contributed by atoms with Gasteiger partial charge >= 0.3 is 0 Å². The van der Waals surface area contributed by atoms with E-state index in [2.05, 4.69) is 5.32 Å². The van der Waals surface area contributed by atoms with E-state index in [4.69, 9.17) is 16.9 Å². The molecule has 5 nitrogen and oxygen atoms in total. The molecule has 0 aromatic heterocycles. The van der Waals surface area contributed by atoms with Crippen molar-refractivity contribution in [2.24, 2.45) is 0 Å². The first kappa shape index (κ1) is 13.8. The van der Waals surface area contributed by atoms with Crippen LogP contribution in [0.4, 0.5) is 11.4 Å². The number of non-ortho nitro benzene ring substituents is 1. The fourth-order valence-electron chi connectivity index (χ4n) is 1.66. The Balaban J connectivity index is 2.12. The van der Waals surface area contributed by atoms with E-state index in [1.807, 2.05) is 18.2 Å². The van der Waals surface area contributed by atoms with Gasteiger partial charge in [0.2, 0.25) is 0 Å². The van der Waals surface area contributed by atoms with Gasteiger partial charge < -0.3 is 5.32 Å². The normalized spacial score (nSPS) is 9.80. The molecular formula is C14H10ClN3O2. The number of hydrogen-bond acceptors (Lipinski definition) is 4. The highest BCUT2D eigenvalue weighted by Crippen LogP contribution is 2.27. The van der Waals surface area contributed by atoms with E-state index in [-0.39, 0.29) is 5.69 Å². The molecule has 0 aliphatic rings. The van der Waals surface area contributed by atoms with E-state index in [1.54, 1.807) is 12.1 Å². The van der Waals surface area contributed by atoms with Gasteiger partial charge in [-0.05, 0) is 23.8 Å². The summed E-state index contributed by atoms with van der Waals surface area (Å²) in [6.07, 6.45) is 0. The molecule has 0 heterocycles. The predicted molar refractivity (Wildman–Crippen MR) is 76.6 cm³/mol. The fraction of sp³-hybridized carbons (Fsp3) is 0.0714. The molecule has 0 aliphatic heterocycles. The minimum Gasteiger partial charge on any atom is -0.380 e. The van der Waals surface area contributed by atoms with Crippen molar-refractivity contribution < 1.29 is 4.92 Å². The van der Waals surface area contributed by atoms with Crippen LogP contribution >= 0.6 is 11.6 Å². The Labute approximate surface area is 120 Å². The van der Waals surface area contributed by atoms with Crippen molar-refractivity contribution in [3.8, 4) is 6.07 Å². The second-order valence-electron chi connectivity index (χ2n) is 4.08. The molecule has 0 saturated heterocycles. The molecule has 6 heteroatoms. The zero-order valence-corrected chi connectivity index (χ0v) is 11.1. The molecule has 0 saturated carbocycles. The zero-order chi connectivity index (χ0) is 14.5. The zero-order valence-electron chi connectivity index (χ0n) is 10.3. The number of nitro benzene ring substituents is 1. The third-order valence-electron chi connectivity index (χ3n) is 2.73. The summed E-state index contributed by atoms with van der Waals surface area (Å²) < 4.78 is 0. The second kappa shape index (κ2) is 6.04. The number of halogens is 1.